The zero-order valence-electron chi connectivity index (χ0n) is 17.6. The van der Waals surface area contributed by atoms with Gasteiger partial charge < -0.3 is 14.4 Å². The first kappa shape index (κ1) is 26.3. The lowest BCUT2D eigenvalue weighted by Gasteiger charge is -2.16. The number of nitrogens with zero attached hydrogens (tertiary/aromatic N) is 4. The molecule has 2 heterocycles. The number of rotatable bonds is 8. The van der Waals surface area contributed by atoms with Crippen molar-refractivity contribution >= 4 is 62.4 Å². The van der Waals surface area contributed by atoms with Crippen LogP contribution in [0, 0.1) is 9.39 Å². The predicted molar refractivity (Wildman–Crippen MR) is 126 cm³/mol. The summed E-state index contributed by atoms with van der Waals surface area (Å²) >= 11 is 8.60. The van der Waals surface area contributed by atoms with Crippen LogP contribution in [0.2, 0.25) is 5.15 Å². The average Bonchev–Trinajstić information content (AvgIpc) is 3.20. The average molecular weight is 631 g/mol. The highest BCUT2D eigenvalue weighted by atomic mass is 127. The number of esters is 1. The molecule has 0 amide bonds. The molecule has 0 bridgehead atoms. The number of hydrogen-bond donors (Lipinski definition) is 0. The minimum Gasteiger partial charge on any atom is -0.491 e. The summed E-state index contributed by atoms with van der Waals surface area (Å²) in [5, 5.41) is 6.49. The monoisotopic (exact) mass is 630 g/mol. The van der Waals surface area contributed by atoms with E-state index in [-0.39, 0.29) is 29.0 Å². The van der Waals surface area contributed by atoms with Gasteiger partial charge in [0.15, 0.2) is 33.4 Å². The van der Waals surface area contributed by atoms with E-state index in [2.05, 4.69) is 15.2 Å². The summed E-state index contributed by atoms with van der Waals surface area (Å²) < 4.78 is 64.4. The lowest BCUT2D eigenvalue weighted by atomic mass is 10.2. The Bertz CT molecular complexity index is 1200. The van der Waals surface area contributed by atoms with Gasteiger partial charge >= 0.3 is 12.1 Å². The van der Waals surface area contributed by atoms with Gasteiger partial charge in [0.1, 0.15) is 0 Å². The lowest BCUT2D eigenvalue weighted by molar-refractivity contribution is -0.137. The summed E-state index contributed by atoms with van der Waals surface area (Å²) in [5.41, 5.74) is -1.12. The molecule has 0 spiro atoms. The van der Waals surface area contributed by atoms with Crippen molar-refractivity contribution in [3.63, 3.8) is 0 Å². The van der Waals surface area contributed by atoms with Gasteiger partial charge in [-0.05, 0) is 59.7 Å². The van der Waals surface area contributed by atoms with E-state index >= 15 is 0 Å². The van der Waals surface area contributed by atoms with Crippen LogP contribution in [0.5, 0.6) is 5.75 Å². The molecule has 3 rings (SSSR count). The van der Waals surface area contributed by atoms with Crippen LogP contribution in [0.4, 0.5) is 28.5 Å². The molecule has 182 valence electrons. The van der Waals surface area contributed by atoms with E-state index in [4.69, 9.17) is 21.1 Å². The summed E-state index contributed by atoms with van der Waals surface area (Å²) in [4.78, 5) is 18.2. The molecular formula is C20H16ClF4IN4O3S. The number of ether oxygens (including phenoxy) is 2. The number of methoxy groups -OCH3 is 1. The smallest absolute Gasteiger partial charge is 0.419 e. The summed E-state index contributed by atoms with van der Waals surface area (Å²) in [6, 6.07) is 5.33. The number of thiazole rings is 1. The zero-order valence-corrected chi connectivity index (χ0v) is 21.4. The molecule has 3 aromatic rings. The molecule has 0 radical (unpaired) electrons. The van der Waals surface area contributed by atoms with Gasteiger partial charge in [-0.1, -0.05) is 11.6 Å². The van der Waals surface area contributed by atoms with E-state index in [0.29, 0.717) is 17.7 Å². The van der Waals surface area contributed by atoms with Crippen molar-refractivity contribution in [1.29, 1.82) is 0 Å². The molecular weight excluding hydrogens is 615 g/mol. The fourth-order valence-corrected chi connectivity index (χ4v) is 4.46. The van der Waals surface area contributed by atoms with Crippen LogP contribution < -0.4 is 9.64 Å². The molecule has 0 fully saturated rings. The van der Waals surface area contributed by atoms with Gasteiger partial charge in [-0.15, -0.1) is 21.5 Å². The molecule has 0 aliphatic heterocycles. The van der Waals surface area contributed by atoms with Crippen LogP contribution in [0.25, 0.3) is 0 Å². The van der Waals surface area contributed by atoms with Gasteiger partial charge in [0.05, 0.1) is 19.3 Å². The summed E-state index contributed by atoms with van der Waals surface area (Å²) in [5.74, 6) is -1.23. The highest BCUT2D eigenvalue weighted by Crippen LogP contribution is 2.37. The number of aromatic nitrogens is 3. The molecule has 0 atom stereocenters. The van der Waals surface area contributed by atoms with Crippen molar-refractivity contribution in [2.45, 2.75) is 19.0 Å². The number of benzene rings is 1. The largest absolute Gasteiger partial charge is 0.491 e. The van der Waals surface area contributed by atoms with E-state index in [1.807, 2.05) is 22.6 Å². The van der Waals surface area contributed by atoms with Crippen molar-refractivity contribution in [3.05, 3.63) is 54.9 Å². The van der Waals surface area contributed by atoms with Gasteiger partial charge in [0.2, 0.25) is 0 Å². The van der Waals surface area contributed by atoms with E-state index in [0.717, 1.165) is 21.0 Å². The Morgan fingerprint density at radius 3 is 2.65 bits per heavy atom. The third-order valence-corrected chi connectivity index (χ3v) is 6.58. The Labute approximate surface area is 214 Å². The summed E-state index contributed by atoms with van der Waals surface area (Å²) in [7, 11) is 2.63. The molecule has 34 heavy (non-hydrogen) atoms. The maximum atomic E-state index is 13.9. The second-order valence-electron chi connectivity index (χ2n) is 6.75. The molecule has 14 heteroatoms. The van der Waals surface area contributed by atoms with Crippen LogP contribution in [-0.2, 0) is 17.3 Å². The third kappa shape index (κ3) is 6.24. The topological polar surface area (TPSA) is 77.4 Å². The lowest BCUT2D eigenvalue weighted by Crippen LogP contribution is -2.15. The van der Waals surface area contributed by atoms with Crippen molar-refractivity contribution < 1.29 is 31.8 Å². The summed E-state index contributed by atoms with van der Waals surface area (Å²) in [6.45, 7) is 0.165. The Kier molecular flexibility index (Phi) is 8.52. The van der Waals surface area contributed by atoms with E-state index < -0.39 is 28.7 Å². The Hall–Kier alpha value is -2.26. The SMILES string of the molecule is COC(=O)c1nc(N(C)c2cc(C(F)(F)F)c(Cl)nn2)sc1CCCOc1ccc(I)cc1F. The van der Waals surface area contributed by atoms with Crippen molar-refractivity contribution in [2.75, 3.05) is 25.7 Å². The van der Waals surface area contributed by atoms with Gasteiger partial charge in [-0.25, -0.2) is 14.2 Å². The number of halogens is 6. The molecule has 1 aromatic carbocycles. The summed E-state index contributed by atoms with van der Waals surface area (Å²) in [6.07, 6.45) is -3.97. The zero-order chi connectivity index (χ0) is 25.0. The second kappa shape index (κ2) is 11.0. The number of anilines is 2. The van der Waals surface area contributed by atoms with Gasteiger partial charge in [-0.2, -0.15) is 13.2 Å². The first-order chi connectivity index (χ1) is 16.0. The standard InChI is InChI=1S/C20H16ClF4IN4O3S/c1-30(15-9-11(20(23,24)25)17(21)29-28-15)19-27-16(18(31)32-2)14(34-19)4-3-7-33-13-6-5-10(26)8-12(13)22/h5-6,8-9H,3-4,7H2,1-2H3. The van der Waals surface area contributed by atoms with Gasteiger partial charge in [-0.3, -0.25) is 0 Å². The van der Waals surface area contributed by atoms with E-state index in [1.165, 1.54) is 31.2 Å². The molecule has 0 unspecified atom stereocenters. The molecule has 0 aliphatic carbocycles. The van der Waals surface area contributed by atoms with Crippen LogP contribution in [-0.4, -0.2) is 41.9 Å². The van der Waals surface area contributed by atoms with Crippen molar-refractivity contribution in [3.8, 4) is 5.75 Å². The molecule has 0 saturated heterocycles. The first-order valence-corrected chi connectivity index (χ1v) is 11.8. The fraction of sp³-hybridized carbons (Fsp3) is 0.300. The number of alkyl halides is 3. The highest BCUT2D eigenvalue weighted by Gasteiger charge is 2.35. The van der Waals surface area contributed by atoms with Gasteiger partial charge in [0.25, 0.3) is 0 Å². The van der Waals surface area contributed by atoms with Crippen molar-refractivity contribution in [2.24, 2.45) is 0 Å². The number of aryl methyl sites for hydroxylation is 1. The Morgan fingerprint density at radius 1 is 1.26 bits per heavy atom. The van der Waals surface area contributed by atoms with Crippen LogP contribution in [0.1, 0.15) is 27.3 Å². The number of carbonyl (C=O) groups is 1. The Morgan fingerprint density at radius 2 is 2.00 bits per heavy atom. The third-order valence-electron chi connectivity index (χ3n) is 4.44. The minimum absolute atomic E-state index is 0.0211. The Balaban J connectivity index is 1.77. The molecule has 7 nitrogen and oxygen atoms in total. The van der Waals surface area contributed by atoms with Crippen LogP contribution in [0.3, 0.4) is 0 Å². The number of hydrogen-bond acceptors (Lipinski definition) is 8. The molecule has 2 aromatic heterocycles. The quantitative estimate of drug-likeness (QED) is 0.133. The highest BCUT2D eigenvalue weighted by molar-refractivity contribution is 14.1. The molecule has 0 saturated carbocycles. The molecule has 0 aliphatic rings. The van der Waals surface area contributed by atoms with Crippen LogP contribution in [0.15, 0.2) is 24.3 Å². The fourth-order valence-electron chi connectivity index (χ4n) is 2.74. The van der Waals surface area contributed by atoms with E-state index in [9.17, 15) is 22.4 Å². The number of carbonyl (C=O) groups excluding carboxylic acids is 1. The predicted octanol–water partition coefficient (Wildman–Crippen LogP) is 5.92. The molecule has 0 N–H and O–H groups in total. The van der Waals surface area contributed by atoms with E-state index in [1.54, 1.807) is 6.07 Å². The normalized spacial score (nSPS) is 11.4. The van der Waals surface area contributed by atoms with Crippen LogP contribution >= 0.6 is 45.5 Å². The minimum atomic E-state index is -4.72. The first-order valence-electron chi connectivity index (χ1n) is 9.51. The maximum absolute atomic E-state index is 13.9. The van der Waals surface area contributed by atoms with Crippen molar-refractivity contribution in [1.82, 2.24) is 15.2 Å². The maximum Gasteiger partial charge on any atom is 0.419 e. The van der Waals surface area contributed by atoms with Gasteiger partial charge in [0, 0.05) is 15.5 Å². The second-order valence-corrected chi connectivity index (χ2v) is 9.42.